The number of esters is 2. The molecule has 0 aliphatic rings. The fourth-order valence-corrected chi connectivity index (χ4v) is 2.86. The molecule has 0 saturated carbocycles. The number of hydrogen-bond acceptors (Lipinski definition) is 7. The zero-order valence-corrected chi connectivity index (χ0v) is 16.0. The van der Waals surface area contributed by atoms with Gasteiger partial charge in [-0.1, -0.05) is 0 Å². The van der Waals surface area contributed by atoms with Crippen molar-refractivity contribution in [2.45, 2.75) is 27.7 Å². The van der Waals surface area contributed by atoms with Crippen LogP contribution in [0.2, 0.25) is 0 Å². The second-order valence-electron chi connectivity index (χ2n) is 6.10. The van der Waals surface area contributed by atoms with Crippen molar-refractivity contribution in [3.8, 4) is 0 Å². The third-order valence-electron chi connectivity index (χ3n) is 4.10. The number of ketones is 1. The van der Waals surface area contributed by atoms with Gasteiger partial charge in [0.25, 0.3) is 5.69 Å². The first-order valence-corrected chi connectivity index (χ1v) is 8.49. The van der Waals surface area contributed by atoms with Crippen molar-refractivity contribution >= 4 is 23.4 Å². The lowest BCUT2D eigenvalue weighted by molar-refractivity contribution is -0.385. The van der Waals surface area contributed by atoms with Crippen LogP contribution < -0.4 is 0 Å². The molecule has 2 rings (SSSR count). The van der Waals surface area contributed by atoms with Crippen molar-refractivity contribution in [1.82, 2.24) is 4.98 Å². The van der Waals surface area contributed by atoms with Crippen molar-refractivity contribution < 1.29 is 28.8 Å². The SMILES string of the molecule is CCOC(=O)c1c(C)[nH]c(C)c1C(=O)COC(=O)c1ccc([N+](=O)[O-])c(C)c1. The molecule has 0 aliphatic carbocycles. The lowest BCUT2D eigenvalue weighted by Gasteiger charge is -2.07. The molecule has 0 aliphatic heterocycles. The number of nitro groups is 1. The highest BCUT2D eigenvalue weighted by Crippen LogP contribution is 2.22. The number of aromatic amines is 1. The Kier molecular flexibility index (Phi) is 6.29. The molecule has 0 radical (unpaired) electrons. The summed E-state index contributed by atoms with van der Waals surface area (Å²) in [5, 5.41) is 10.8. The Labute approximate surface area is 160 Å². The Morgan fingerprint density at radius 1 is 1.04 bits per heavy atom. The average Bonchev–Trinajstić information content (AvgIpc) is 2.93. The molecule has 1 heterocycles. The number of hydrogen-bond donors (Lipinski definition) is 1. The summed E-state index contributed by atoms with van der Waals surface area (Å²) in [6.45, 7) is 6.00. The molecule has 0 atom stereocenters. The van der Waals surface area contributed by atoms with Crippen LogP contribution in [0.3, 0.4) is 0 Å². The Morgan fingerprint density at radius 2 is 1.68 bits per heavy atom. The van der Waals surface area contributed by atoms with Crippen LogP contribution in [0.5, 0.6) is 0 Å². The number of rotatable bonds is 7. The number of benzene rings is 1. The van der Waals surface area contributed by atoms with Gasteiger partial charge in [-0.3, -0.25) is 14.9 Å². The molecule has 1 aromatic carbocycles. The van der Waals surface area contributed by atoms with E-state index in [1.54, 1.807) is 20.8 Å². The van der Waals surface area contributed by atoms with Gasteiger partial charge in [0, 0.05) is 23.0 Å². The summed E-state index contributed by atoms with van der Waals surface area (Å²) in [6, 6.07) is 3.78. The van der Waals surface area contributed by atoms with Crippen molar-refractivity contribution in [1.29, 1.82) is 0 Å². The minimum absolute atomic E-state index is 0.0866. The molecule has 28 heavy (non-hydrogen) atoms. The second kappa shape index (κ2) is 8.47. The van der Waals surface area contributed by atoms with Crippen LogP contribution >= 0.6 is 0 Å². The average molecular weight is 388 g/mol. The summed E-state index contributed by atoms with van der Waals surface area (Å²) in [5.74, 6) is -1.99. The van der Waals surface area contributed by atoms with Gasteiger partial charge >= 0.3 is 11.9 Å². The van der Waals surface area contributed by atoms with Crippen LogP contribution in [-0.2, 0) is 9.47 Å². The molecule has 0 amide bonds. The van der Waals surface area contributed by atoms with Crippen LogP contribution in [0.25, 0.3) is 0 Å². The van der Waals surface area contributed by atoms with E-state index in [-0.39, 0.29) is 29.0 Å². The summed E-state index contributed by atoms with van der Waals surface area (Å²) in [4.78, 5) is 50.1. The maximum atomic E-state index is 12.6. The first-order chi connectivity index (χ1) is 13.2. The van der Waals surface area contributed by atoms with Crippen LogP contribution in [0, 0.1) is 30.9 Å². The number of nitrogens with one attached hydrogen (secondary N) is 1. The summed E-state index contributed by atoms with van der Waals surface area (Å²) in [5.41, 5.74) is 1.45. The molecule has 1 aromatic heterocycles. The number of H-pyrrole nitrogens is 1. The number of aryl methyl sites for hydroxylation is 3. The fraction of sp³-hybridized carbons (Fsp3) is 0.316. The van der Waals surface area contributed by atoms with Crippen LogP contribution in [0.1, 0.15) is 54.9 Å². The monoisotopic (exact) mass is 388 g/mol. The second-order valence-corrected chi connectivity index (χ2v) is 6.10. The van der Waals surface area contributed by atoms with Gasteiger partial charge in [-0.2, -0.15) is 0 Å². The van der Waals surface area contributed by atoms with Crippen LogP contribution in [0.15, 0.2) is 18.2 Å². The number of nitro benzene ring substituents is 1. The first-order valence-electron chi connectivity index (χ1n) is 8.49. The van der Waals surface area contributed by atoms with Gasteiger partial charge in [-0.15, -0.1) is 0 Å². The maximum Gasteiger partial charge on any atom is 0.340 e. The maximum absolute atomic E-state index is 12.6. The van der Waals surface area contributed by atoms with E-state index in [9.17, 15) is 24.5 Å². The first kappa shape index (κ1) is 20.8. The highest BCUT2D eigenvalue weighted by Gasteiger charge is 2.26. The fourth-order valence-electron chi connectivity index (χ4n) is 2.86. The van der Waals surface area contributed by atoms with Crippen molar-refractivity contribution in [3.05, 3.63) is 62.0 Å². The predicted octanol–water partition coefficient (Wildman–Crippen LogP) is 3.06. The van der Waals surface area contributed by atoms with Crippen molar-refractivity contribution in [2.75, 3.05) is 13.2 Å². The highest BCUT2D eigenvalue weighted by molar-refractivity contribution is 6.09. The van der Waals surface area contributed by atoms with E-state index in [1.807, 2.05) is 0 Å². The molecule has 2 aromatic rings. The quantitative estimate of drug-likeness (QED) is 0.334. The van der Waals surface area contributed by atoms with Gasteiger partial charge in [-0.25, -0.2) is 9.59 Å². The zero-order valence-electron chi connectivity index (χ0n) is 16.0. The molecule has 0 bridgehead atoms. The van der Waals surface area contributed by atoms with Gasteiger partial charge < -0.3 is 14.5 Å². The number of ether oxygens (including phenoxy) is 2. The van der Waals surface area contributed by atoms with Crippen LogP contribution in [0.4, 0.5) is 5.69 Å². The number of aromatic nitrogens is 1. The van der Waals surface area contributed by atoms with E-state index in [0.29, 0.717) is 17.0 Å². The smallest absolute Gasteiger partial charge is 0.340 e. The summed E-state index contributed by atoms with van der Waals surface area (Å²) in [7, 11) is 0. The number of nitrogens with zero attached hydrogens (tertiary/aromatic N) is 1. The van der Waals surface area contributed by atoms with Gasteiger partial charge in [0.05, 0.1) is 28.2 Å². The Hall–Kier alpha value is -3.49. The molecule has 1 N–H and O–H groups in total. The van der Waals surface area contributed by atoms with E-state index in [4.69, 9.17) is 9.47 Å². The largest absolute Gasteiger partial charge is 0.462 e. The van der Waals surface area contributed by atoms with Gasteiger partial charge in [0.1, 0.15) is 0 Å². The lowest BCUT2D eigenvalue weighted by Crippen LogP contribution is -2.18. The molecular weight excluding hydrogens is 368 g/mol. The molecule has 9 heteroatoms. The number of carbonyl (C=O) groups is 3. The highest BCUT2D eigenvalue weighted by atomic mass is 16.6. The Bertz CT molecular complexity index is 959. The normalized spacial score (nSPS) is 10.4. The minimum Gasteiger partial charge on any atom is -0.462 e. The van der Waals surface area contributed by atoms with E-state index < -0.39 is 29.3 Å². The molecular formula is C19H20N2O7. The lowest BCUT2D eigenvalue weighted by atomic mass is 10.1. The van der Waals surface area contributed by atoms with Crippen molar-refractivity contribution in [3.63, 3.8) is 0 Å². The van der Waals surface area contributed by atoms with Crippen LogP contribution in [-0.4, -0.2) is 40.8 Å². The standard InChI is InChI=1S/C19H20N2O7/c1-5-27-19(24)17-12(4)20-11(3)16(17)15(22)9-28-18(23)13-6-7-14(21(25)26)10(2)8-13/h6-8,20H,5,9H2,1-4H3. The molecule has 9 nitrogen and oxygen atoms in total. The third-order valence-corrected chi connectivity index (χ3v) is 4.10. The third kappa shape index (κ3) is 4.25. The summed E-state index contributed by atoms with van der Waals surface area (Å²) >= 11 is 0. The van der Waals surface area contributed by atoms with Gasteiger partial charge in [-0.05, 0) is 39.8 Å². The molecule has 0 saturated heterocycles. The topological polar surface area (TPSA) is 129 Å². The Morgan fingerprint density at radius 3 is 2.25 bits per heavy atom. The van der Waals surface area contributed by atoms with Gasteiger partial charge in [0.2, 0.25) is 5.78 Å². The van der Waals surface area contributed by atoms with E-state index in [1.165, 1.54) is 25.1 Å². The minimum atomic E-state index is -0.797. The van der Waals surface area contributed by atoms with Gasteiger partial charge in [0.15, 0.2) is 6.61 Å². The van der Waals surface area contributed by atoms with E-state index in [0.717, 1.165) is 0 Å². The Balaban J connectivity index is 2.16. The molecule has 0 spiro atoms. The summed E-state index contributed by atoms with van der Waals surface area (Å²) in [6.07, 6.45) is 0. The number of carbonyl (C=O) groups excluding carboxylic acids is 3. The molecule has 0 fully saturated rings. The summed E-state index contributed by atoms with van der Waals surface area (Å²) < 4.78 is 10.0. The van der Waals surface area contributed by atoms with E-state index >= 15 is 0 Å². The predicted molar refractivity (Wildman–Crippen MR) is 98.7 cm³/mol. The molecule has 148 valence electrons. The molecule has 0 unspecified atom stereocenters. The number of Topliss-reactive ketones (excluding diaryl/α,β-unsaturated/α-hetero) is 1. The van der Waals surface area contributed by atoms with E-state index in [2.05, 4.69) is 4.98 Å². The zero-order chi connectivity index (χ0) is 21.0. The van der Waals surface area contributed by atoms with Crippen molar-refractivity contribution in [2.24, 2.45) is 0 Å².